The minimum Gasteiger partial charge on any atom is -0.309 e. The number of nitrogens with zero attached hydrogens (tertiary/aromatic N) is 1. The maximum absolute atomic E-state index is 12.8. The van der Waals surface area contributed by atoms with Gasteiger partial charge < -0.3 is 5.32 Å². The van der Waals surface area contributed by atoms with Crippen molar-refractivity contribution >= 4 is 21.4 Å². The molecule has 1 heterocycles. The lowest BCUT2D eigenvalue weighted by Gasteiger charge is -2.22. The van der Waals surface area contributed by atoms with Crippen molar-refractivity contribution in [3.05, 3.63) is 15.8 Å². The lowest BCUT2D eigenvalue weighted by molar-refractivity contribution is 0.381. The van der Waals surface area contributed by atoms with E-state index >= 15 is 0 Å². The van der Waals surface area contributed by atoms with Crippen LogP contribution in [0.3, 0.4) is 0 Å². The van der Waals surface area contributed by atoms with Crippen molar-refractivity contribution in [2.24, 2.45) is 5.92 Å². The SMILES string of the molecule is CCN(CC(C)C)S(=O)(=O)c1cc(CNC2CC2)sc1C. The van der Waals surface area contributed by atoms with Gasteiger partial charge in [0.15, 0.2) is 0 Å². The van der Waals surface area contributed by atoms with Crippen LogP contribution in [0.25, 0.3) is 0 Å². The molecule has 120 valence electrons. The number of hydrogen-bond acceptors (Lipinski definition) is 4. The van der Waals surface area contributed by atoms with Crippen molar-refractivity contribution in [3.8, 4) is 0 Å². The summed E-state index contributed by atoms with van der Waals surface area (Å²) in [5.41, 5.74) is 0. The van der Waals surface area contributed by atoms with Gasteiger partial charge in [-0.15, -0.1) is 11.3 Å². The van der Waals surface area contributed by atoms with Gasteiger partial charge in [0.1, 0.15) is 0 Å². The minimum atomic E-state index is -3.36. The maximum Gasteiger partial charge on any atom is 0.244 e. The third kappa shape index (κ3) is 4.28. The highest BCUT2D eigenvalue weighted by Crippen LogP contribution is 2.29. The molecule has 0 bridgehead atoms. The molecule has 0 amide bonds. The number of nitrogens with one attached hydrogen (secondary N) is 1. The second kappa shape index (κ2) is 6.77. The molecule has 0 radical (unpaired) electrons. The summed E-state index contributed by atoms with van der Waals surface area (Å²) in [6.45, 7) is 9.77. The molecule has 1 aromatic rings. The molecule has 0 aromatic carbocycles. The first-order valence-corrected chi connectivity index (χ1v) is 9.93. The molecule has 0 atom stereocenters. The van der Waals surface area contributed by atoms with Gasteiger partial charge in [0.25, 0.3) is 0 Å². The van der Waals surface area contributed by atoms with E-state index in [4.69, 9.17) is 0 Å². The Labute approximate surface area is 132 Å². The Morgan fingerprint density at radius 2 is 2.10 bits per heavy atom. The molecule has 0 saturated heterocycles. The molecule has 0 aliphatic heterocycles. The lowest BCUT2D eigenvalue weighted by Crippen LogP contribution is -2.34. The van der Waals surface area contributed by atoms with Gasteiger partial charge in [-0.2, -0.15) is 4.31 Å². The number of aryl methyl sites for hydroxylation is 1. The van der Waals surface area contributed by atoms with Gasteiger partial charge in [-0.1, -0.05) is 20.8 Å². The molecule has 0 spiro atoms. The second-order valence-electron chi connectivity index (χ2n) is 6.14. The Bertz CT molecular complexity index is 574. The Kier molecular flexibility index (Phi) is 5.46. The molecule has 1 aromatic heterocycles. The largest absolute Gasteiger partial charge is 0.309 e. The van der Waals surface area contributed by atoms with Crippen molar-refractivity contribution in [2.75, 3.05) is 13.1 Å². The third-order valence-electron chi connectivity index (χ3n) is 3.60. The Morgan fingerprint density at radius 1 is 1.43 bits per heavy atom. The molecular weight excluding hydrogens is 304 g/mol. The van der Waals surface area contributed by atoms with Crippen LogP contribution in [-0.4, -0.2) is 31.9 Å². The van der Waals surface area contributed by atoms with E-state index in [2.05, 4.69) is 5.32 Å². The maximum atomic E-state index is 12.8. The average Bonchev–Trinajstić information content (AvgIpc) is 3.15. The van der Waals surface area contributed by atoms with Crippen LogP contribution in [0.5, 0.6) is 0 Å². The van der Waals surface area contributed by atoms with Crippen LogP contribution in [-0.2, 0) is 16.6 Å². The van der Waals surface area contributed by atoms with Crippen molar-refractivity contribution < 1.29 is 8.42 Å². The quantitative estimate of drug-likeness (QED) is 0.797. The van der Waals surface area contributed by atoms with E-state index in [1.165, 1.54) is 12.8 Å². The van der Waals surface area contributed by atoms with Gasteiger partial charge in [0, 0.05) is 35.4 Å². The van der Waals surface area contributed by atoms with Gasteiger partial charge in [0.05, 0.1) is 4.90 Å². The molecule has 1 aliphatic rings. The first-order valence-electron chi connectivity index (χ1n) is 7.67. The fourth-order valence-electron chi connectivity index (χ4n) is 2.34. The summed E-state index contributed by atoms with van der Waals surface area (Å²) in [4.78, 5) is 2.49. The van der Waals surface area contributed by atoms with E-state index in [1.54, 1.807) is 15.6 Å². The van der Waals surface area contributed by atoms with E-state index in [9.17, 15) is 8.42 Å². The topological polar surface area (TPSA) is 49.4 Å². The standard InChI is InChI=1S/C15H26N2O2S2/c1-5-17(10-11(2)3)21(18,19)15-8-14(20-12(15)4)9-16-13-6-7-13/h8,11,13,16H,5-7,9-10H2,1-4H3. The van der Waals surface area contributed by atoms with Crippen LogP contribution in [0.2, 0.25) is 0 Å². The zero-order chi connectivity index (χ0) is 15.6. The summed E-state index contributed by atoms with van der Waals surface area (Å²) in [5.74, 6) is 0.328. The number of thiophene rings is 1. The van der Waals surface area contributed by atoms with Crippen LogP contribution >= 0.6 is 11.3 Å². The second-order valence-corrected chi connectivity index (χ2v) is 9.39. The first-order chi connectivity index (χ1) is 9.84. The summed E-state index contributed by atoms with van der Waals surface area (Å²) in [5, 5.41) is 3.44. The minimum absolute atomic E-state index is 0.328. The Morgan fingerprint density at radius 3 is 2.62 bits per heavy atom. The Hall–Kier alpha value is -0.430. The predicted octanol–water partition coefficient (Wildman–Crippen LogP) is 2.98. The molecule has 4 nitrogen and oxygen atoms in total. The lowest BCUT2D eigenvalue weighted by atomic mass is 10.2. The monoisotopic (exact) mass is 330 g/mol. The zero-order valence-corrected chi connectivity index (χ0v) is 15.0. The van der Waals surface area contributed by atoms with Gasteiger partial charge in [0.2, 0.25) is 10.0 Å². The highest BCUT2D eigenvalue weighted by molar-refractivity contribution is 7.89. The molecule has 2 rings (SSSR count). The third-order valence-corrected chi connectivity index (χ3v) is 6.85. The van der Waals surface area contributed by atoms with Crippen LogP contribution in [0.1, 0.15) is 43.4 Å². The van der Waals surface area contributed by atoms with Gasteiger partial charge in [-0.05, 0) is 31.7 Å². The molecule has 6 heteroatoms. The molecule has 1 aliphatic carbocycles. The Balaban J connectivity index is 2.17. The zero-order valence-electron chi connectivity index (χ0n) is 13.3. The predicted molar refractivity (Wildman–Crippen MR) is 88.2 cm³/mol. The van der Waals surface area contributed by atoms with Crippen LogP contribution in [0, 0.1) is 12.8 Å². The summed E-state index contributed by atoms with van der Waals surface area (Å²) < 4.78 is 27.2. The summed E-state index contributed by atoms with van der Waals surface area (Å²) in [7, 11) is -3.36. The van der Waals surface area contributed by atoms with E-state index in [-0.39, 0.29) is 0 Å². The number of hydrogen-bond donors (Lipinski definition) is 1. The van der Waals surface area contributed by atoms with Crippen molar-refractivity contribution in [2.45, 2.75) is 58.0 Å². The smallest absolute Gasteiger partial charge is 0.244 e. The van der Waals surface area contributed by atoms with E-state index in [1.807, 2.05) is 33.8 Å². The van der Waals surface area contributed by atoms with E-state index in [0.717, 1.165) is 16.3 Å². The average molecular weight is 331 g/mol. The van der Waals surface area contributed by atoms with Crippen LogP contribution in [0.15, 0.2) is 11.0 Å². The van der Waals surface area contributed by atoms with Crippen LogP contribution in [0.4, 0.5) is 0 Å². The molecule has 1 fully saturated rings. The molecular formula is C15H26N2O2S2. The fourth-order valence-corrected chi connectivity index (χ4v) is 5.51. The number of rotatable bonds is 8. The van der Waals surface area contributed by atoms with Gasteiger partial charge >= 0.3 is 0 Å². The summed E-state index contributed by atoms with van der Waals surface area (Å²) >= 11 is 1.59. The highest BCUT2D eigenvalue weighted by atomic mass is 32.2. The summed E-state index contributed by atoms with van der Waals surface area (Å²) in [6.07, 6.45) is 2.49. The van der Waals surface area contributed by atoms with Crippen molar-refractivity contribution in [1.29, 1.82) is 0 Å². The van der Waals surface area contributed by atoms with Gasteiger partial charge in [-0.25, -0.2) is 8.42 Å². The normalized spacial score (nSPS) is 16.1. The van der Waals surface area contributed by atoms with E-state index < -0.39 is 10.0 Å². The molecule has 0 unspecified atom stereocenters. The highest BCUT2D eigenvalue weighted by Gasteiger charge is 2.27. The molecule has 1 saturated carbocycles. The fraction of sp³-hybridized carbons (Fsp3) is 0.733. The molecule has 1 N–H and O–H groups in total. The van der Waals surface area contributed by atoms with Crippen molar-refractivity contribution in [3.63, 3.8) is 0 Å². The number of sulfonamides is 1. The summed E-state index contributed by atoms with van der Waals surface area (Å²) in [6, 6.07) is 2.49. The molecule has 21 heavy (non-hydrogen) atoms. The van der Waals surface area contributed by atoms with Crippen LogP contribution < -0.4 is 5.32 Å². The first kappa shape index (κ1) is 16.9. The van der Waals surface area contributed by atoms with Crippen molar-refractivity contribution in [1.82, 2.24) is 9.62 Å². The van der Waals surface area contributed by atoms with Gasteiger partial charge in [-0.3, -0.25) is 0 Å². The van der Waals surface area contributed by atoms with E-state index in [0.29, 0.717) is 29.9 Å².